The lowest BCUT2D eigenvalue weighted by Crippen LogP contribution is -2.49. The van der Waals surface area contributed by atoms with Crippen molar-refractivity contribution in [2.24, 2.45) is 5.92 Å². The van der Waals surface area contributed by atoms with Crippen LogP contribution in [0.1, 0.15) is 27.2 Å². The summed E-state index contributed by atoms with van der Waals surface area (Å²) in [7, 11) is 0. The summed E-state index contributed by atoms with van der Waals surface area (Å²) in [6.07, 6.45) is 0.753. The van der Waals surface area contributed by atoms with Gasteiger partial charge in [0.1, 0.15) is 0 Å². The first kappa shape index (κ1) is 21.8. The summed E-state index contributed by atoms with van der Waals surface area (Å²) >= 11 is 1.44. The maximum absolute atomic E-state index is 13.3. The van der Waals surface area contributed by atoms with Crippen molar-refractivity contribution in [1.29, 1.82) is 0 Å². The summed E-state index contributed by atoms with van der Waals surface area (Å²) in [6.45, 7) is 9.84. The Kier molecular flexibility index (Phi) is 6.62. The normalized spacial score (nSPS) is 15.7. The van der Waals surface area contributed by atoms with E-state index >= 15 is 0 Å². The number of piperazine rings is 1. The average Bonchev–Trinajstić information content (AvgIpc) is 2.77. The van der Waals surface area contributed by atoms with Crippen molar-refractivity contribution in [3.05, 3.63) is 46.8 Å². The van der Waals surface area contributed by atoms with Crippen LogP contribution in [0.15, 0.2) is 46.3 Å². The Hall–Kier alpha value is -2.38. The van der Waals surface area contributed by atoms with Crippen molar-refractivity contribution in [2.45, 2.75) is 44.1 Å². The molecule has 164 valence electrons. The molecule has 2 aromatic carbocycles. The molecular weight excluding hydrogens is 408 g/mol. The van der Waals surface area contributed by atoms with E-state index in [1.54, 1.807) is 4.57 Å². The van der Waals surface area contributed by atoms with Crippen molar-refractivity contribution in [1.82, 2.24) is 19.8 Å². The van der Waals surface area contributed by atoms with Gasteiger partial charge in [-0.3, -0.25) is 14.2 Å². The predicted octanol–water partition coefficient (Wildman–Crippen LogP) is 3.51. The zero-order chi connectivity index (χ0) is 22.0. The van der Waals surface area contributed by atoms with Crippen LogP contribution in [0.25, 0.3) is 21.7 Å². The van der Waals surface area contributed by atoms with E-state index in [-0.39, 0.29) is 16.7 Å². The Labute approximate surface area is 187 Å². The predicted molar refractivity (Wildman–Crippen MR) is 128 cm³/mol. The fraction of sp³-hybridized carbons (Fsp3) is 0.458. The molecule has 1 aliphatic rings. The molecule has 3 aromatic rings. The minimum absolute atomic E-state index is 0.0429. The van der Waals surface area contributed by atoms with Crippen molar-refractivity contribution >= 4 is 39.3 Å². The molecule has 1 atom stereocenters. The zero-order valence-corrected chi connectivity index (χ0v) is 19.2. The fourth-order valence-electron chi connectivity index (χ4n) is 4.10. The van der Waals surface area contributed by atoms with Crippen LogP contribution in [0, 0.1) is 5.92 Å². The van der Waals surface area contributed by atoms with Crippen LogP contribution in [0.5, 0.6) is 0 Å². The third-order valence-corrected chi connectivity index (χ3v) is 6.94. The topological polar surface area (TPSA) is 67.2 Å². The number of carbonyl (C=O) groups excluding carboxylic acids is 1. The second-order valence-electron chi connectivity index (χ2n) is 8.47. The fourth-order valence-corrected chi connectivity index (χ4v) is 5.58. The van der Waals surface area contributed by atoms with E-state index in [1.807, 2.05) is 48.2 Å². The number of nitrogens with one attached hydrogen (secondary N) is 1. The van der Waals surface area contributed by atoms with Gasteiger partial charge >= 0.3 is 0 Å². The van der Waals surface area contributed by atoms with E-state index in [0.717, 1.165) is 43.4 Å². The first-order valence-electron chi connectivity index (χ1n) is 11.1. The maximum Gasteiger partial charge on any atom is 0.262 e. The van der Waals surface area contributed by atoms with E-state index < -0.39 is 0 Å². The Morgan fingerprint density at radius 2 is 1.84 bits per heavy atom. The van der Waals surface area contributed by atoms with Gasteiger partial charge in [0.2, 0.25) is 5.91 Å². The number of nitrogens with zero attached hydrogens (tertiary/aromatic N) is 3. The Morgan fingerprint density at radius 1 is 1.16 bits per heavy atom. The quantitative estimate of drug-likeness (QED) is 0.362. The van der Waals surface area contributed by atoms with Gasteiger partial charge in [0.15, 0.2) is 5.16 Å². The average molecular weight is 439 g/mol. The molecule has 1 saturated heterocycles. The zero-order valence-electron chi connectivity index (χ0n) is 18.4. The molecule has 1 aliphatic heterocycles. The minimum Gasteiger partial charge on any atom is -0.339 e. The standard InChI is InChI=1S/C24H30N4O2S/c1-4-28-22(29)19-14-17-7-5-6-8-18(17)15-20(19)26-24(28)31-21(13-16(2)3)23(30)27-11-9-25-10-12-27/h5-8,14-16,21,25H,4,9-13H2,1-3H3. The van der Waals surface area contributed by atoms with Gasteiger partial charge in [-0.15, -0.1) is 0 Å². The van der Waals surface area contributed by atoms with Crippen LogP contribution in [0.4, 0.5) is 0 Å². The van der Waals surface area contributed by atoms with Gasteiger partial charge < -0.3 is 10.2 Å². The van der Waals surface area contributed by atoms with E-state index in [9.17, 15) is 9.59 Å². The molecule has 0 aliphatic carbocycles. The van der Waals surface area contributed by atoms with E-state index in [4.69, 9.17) is 4.98 Å². The monoisotopic (exact) mass is 438 g/mol. The minimum atomic E-state index is -0.249. The number of benzene rings is 2. The third-order valence-electron chi connectivity index (χ3n) is 5.74. The third kappa shape index (κ3) is 4.62. The van der Waals surface area contributed by atoms with Crippen LogP contribution in [0.3, 0.4) is 0 Å². The summed E-state index contributed by atoms with van der Waals surface area (Å²) < 4.78 is 1.71. The van der Waals surface area contributed by atoms with E-state index in [1.165, 1.54) is 11.8 Å². The van der Waals surface area contributed by atoms with Gasteiger partial charge in [0.25, 0.3) is 5.56 Å². The Bertz CT molecular complexity index is 1150. The van der Waals surface area contributed by atoms with E-state index in [2.05, 4.69) is 19.2 Å². The summed E-state index contributed by atoms with van der Waals surface area (Å²) in [5, 5.41) is 6.39. The summed E-state index contributed by atoms with van der Waals surface area (Å²) in [5.74, 6) is 0.520. The summed E-state index contributed by atoms with van der Waals surface area (Å²) in [6, 6.07) is 11.9. The van der Waals surface area contributed by atoms with Crippen LogP contribution < -0.4 is 10.9 Å². The first-order chi connectivity index (χ1) is 15.0. The molecule has 4 rings (SSSR count). The Balaban J connectivity index is 1.75. The van der Waals surface area contributed by atoms with Crippen molar-refractivity contribution < 1.29 is 4.79 Å². The van der Waals surface area contributed by atoms with Crippen LogP contribution in [-0.2, 0) is 11.3 Å². The number of carbonyl (C=O) groups is 1. The smallest absolute Gasteiger partial charge is 0.262 e. The number of aromatic nitrogens is 2. The highest BCUT2D eigenvalue weighted by Gasteiger charge is 2.29. The number of hydrogen-bond donors (Lipinski definition) is 1. The lowest BCUT2D eigenvalue weighted by molar-refractivity contribution is -0.131. The first-order valence-corrected chi connectivity index (χ1v) is 12.0. The Morgan fingerprint density at radius 3 is 2.48 bits per heavy atom. The molecular formula is C24H30N4O2S. The molecule has 1 amide bonds. The molecule has 1 fully saturated rings. The van der Waals surface area contributed by atoms with Gasteiger partial charge in [-0.1, -0.05) is 49.9 Å². The van der Waals surface area contributed by atoms with Crippen molar-refractivity contribution in [3.8, 4) is 0 Å². The largest absolute Gasteiger partial charge is 0.339 e. The lowest BCUT2D eigenvalue weighted by Gasteiger charge is -2.31. The molecule has 31 heavy (non-hydrogen) atoms. The number of thioether (sulfide) groups is 1. The second kappa shape index (κ2) is 9.40. The highest BCUT2D eigenvalue weighted by molar-refractivity contribution is 8.00. The van der Waals surface area contributed by atoms with Crippen molar-refractivity contribution in [3.63, 3.8) is 0 Å². The summed E-state index contributed by atoms with van der Waals surface area (Å²) in [4.78, 5) is 33.4. The van der Waals surface area contributed by atoms with Crippen LogP contribution in [0.2, 0.25) is 0 Å². The van der Waals surface area contributed by atoms with Crippen molar-refractivity contribution in [2.75, 3.05) is 26.2 Å². The molecule has 0 radical (unpaired) electrons. The molecule has 1 unspecified atom stereocenters. The maximum atomic E-state index is 13.3. The van der Waals surface area contributed by atoms with Crippen LogP contribution >= 0.6 is 11.8 Å². The molecule has 1 aromatic heterocycles. The second-order valence-corrected chi connectivity index (χ2v) is 9.64. The molecule has 0 bridgehead atoms. The van der Waals surface area contributed by atoms with E-state index in [0.29, 0.717) is 28.5 Å². The number of hydrogen-bond acceptors (Lipinski definition) is 5. The molecule has 1 N–H and O–H groups in total. The van der Waals surface area contributed by atoms with Gasteiger partial charge in [0.05, 0.1) is 16.2 Å². The lowest BCUT2D eigenvalue weighted by atomic mass is 10.1. The molecule has 6 nitrogen and oxygen atoms in total. The number of fused-ring (bicyclic) bond motifs is 2. The van der Waals surface area contributed by atoms with Gasteiger partial charge in [-0.25, -0.2) is 4.98 Å². The summed E-state index contributed by atoms with van der Waals surface area (Å²) in [5.41, 5.74) is 0.646. The number of rotatable bonds is 6. The SMILES string of the molecule is CCn1c(SC(CC(C)C)C(=O)N2CCNCC2)nc2cc3ccccc3cc2c1=O. The van der Waals surface area contributed by atoms with Crippen LogP contribution in [-0.4, -0.2) is 51.8 Å². The number of amides is 1. The molecule has 0 spiro atoms. The highest BCUT2D eigenvalue weighted by atomic mass is 32.2. The molecule has 7 heteroatoms. The molecule has 2 heterocycles. The highest BCUT2D eigenvalue weighted by Crippen LogP contribution is 2.29. The van der Waals surface area contributed by atoms with Gasteiger partial charge in [-0.2, -0.15) is 0 Å². The van der Waals surface area contributed by atoms with Gasteiger partial charge in [0, 0.05) is 32.7 Å². The molecule has 0 saturated carbocycles. The van der Waals surface area contributed by atoms with Gasteiger partial charge in [-0.05, 0) is 42.2 Å².